The predicted octanol–water partition coefficient (Wildman–Crippen LogP) is 1.41. The van der Waals surface area contributed by atoms with Gasteiger partial charge in [0.15, 0.2) is 0 Å². The summed E-state index contributed by atoms with van der Waals surface area (Å²) in [7, 11) is 0. The van der Waals surface area contributed by atoms with E-state index in [4.69, 9.17) is 33.4 Å². The molecule has 0 aliphatic heterocycles. The van der Waals surface area contributed by atoms with Gasteiger partial charge in [0.25, 0.3) is 0 Å². The van der Waals surface area contributed by atoms with E-state index in [2.05, 4.69) is 4.98 Å². The molecule has 3 nitrogen and oxygen atoms in total. The van der Waals surface area contributed by atoms with Crippen LogP contribution in [0.3, 0.4) is 0 Å². The van der Waals surface area contributed by atoms with E-state index in [9.17, 15) is 0 Å². The van der Waals surface area contributed by atoms with Crippen LogP contribution in [0.2, 0.25) is 10.2 Å². The number of hydrogen-bond donors (Lipinski definition) is 2. The Balaban J connectivity index is 2.96. The van der Waals surface area contributed by atoms with Gasteiger partial charge in [-0.1, -0.05) is 23.2 Å². The molecule has 0 amide bonds. The zero-order valence-corrected chi connectivity index (χ0v) is 7.55. The highest BCUT2D eigenvalue weighted by molar-refractivity contribution is 6.41. The zero-order chi connectivity index (χ0) is 9.14. The predicted molar refractivity (Wildman–Crippen MR) is 46.3 cm³/mol. The number of aromatic nitrogens is 1. The summed E-state index contributed by atoms with van der Waals surface area (Å²) in [5, 5.41) is 18.2. The lowest BCUT2D eigenvalue weighted by Gasteiger charge is -2.06. The Labute approximate surface area is 79.6 Å². The van der Waals surface area contributed by atoms with Crippen molar-refractivity contribution in [2.24, 2.45) is 0 Å². The second kappa shape index (κ2) is 4.05. The Morgan fingerprint density at radius 3 is 2.67 bits per heavy atom. The first kappa shape index (κ1) is 9.74. The van der Waals surface area contributed by atoms with Crippen molar-refractivity contribution in [1.29, 1.82) is 0 Å². The van der Waals surface area contributed by atoms with Crippen LogP contribution in [0.4, 0.5) is 0 Å². The van der Waals surface area contributed by atoms with E-state index in [0.717, 1.165) is 0 Å². The molecule has 1 rings (SSSR count). The highest BCUT2D eigenvalue weighted by atomic mass is 35.5. The molecule has 5 heteroatoms. The average Bonchev–Trinajstić information content (AvgIpc) is 2.08. The highest BCUT2D eigenvalue weighted by Crippen LogP contribution is 2.22. The smallest absolute Gasteiger partial charge is 0.147 e. The maximum Gasteiger partial charge on any atom is 0.147 e. The Bertz CT molecular complexity index is 280. The second-order valence-corrected chi connectivity index (χ2v) is 3.00. The lowest BCUT2D eigenvalue weighted by molar-refractivity contribution is 0.0953. The molecule has 0 saturated heterocycles. The van der Waals surface area contributed by atoms with Crippen molar-refractivity contribution < 1.29 is 10.2 Å². The van der Waals surface area contributed by atoms with E-state index >= 15 is 0 Å². The summed E-state index contributed by atoms with van der Waals surface area (Å²) in [5.41, 5.74) is 0.451. The van der Waals surface area contributed by atoms with Gasteiger partial charge < -0.3 is 10.2 Å². The molecule has 0 radical (unpaired) electrons. The summed E-state index contributed by atoms with van der Waals surface area (Å²) in [6.07, 6.45) is 0.419. The monoisotopic (exact) mass is 207 g/mol. The third-order valence-corrected chi connectivity index (χ3v) is 2.06. The second-order valence-electron chi connectivity index (χ2n) is 2.24. The van der Waals surface area contributed by atoms with Gasteiger partial charge >= 0.3 is 0 Å². The molecule has 0 spiro atoms. The summed E-state index contributed by atoms with van der Waals surface area (Å²) in [4.78, 5) is 3.71. The molecule has 0 aromatic carbocycles. The lowest BCUT2D eigenvalue weighted by atomic mass is 10.2. The molecule has 0 saturated carbocycles. The van der Waals surface area contributed by atoms with E-state index in [-0.39, 0.29) is 16.8 Å². The van der Waals surface area contributed by atoms with Crippen LogP contribution in [-0.4, -0.2) is 21.8 Å². The van der Waals surface area contributed by atoms with Crippen LogP contribution >= 0.6 is 23.2 Å². The first-order valence-corrected chi connectivity index (χ1v) is 4.00. The van der Waals surface area contributed by atoms with E-state index < -0.39 is 6.10 Å². The van der Waals surface area contributed by atoms with Crippen LogP contribution in [0.15, 0.2) is 12.3 Å². The van der Waals surface area contributed by atoms with E-state index in [1.54, 1.807) is 0 Å². The van der Waals surface area contributed by atoms with Crippen LogP contribution in [0.25, 0.3) is 0 Å². The molecule has 12 heavy (non-hydrogen) atoms. The minimum absolute atomic E-state index is 0.186. The molecule has 1 aromatic heterocycles. The largest absolute Gasteiger partial charge is 0.393 e. The Morgan fingerprint density at radius 2 is 2.17 bits per heavy atom. The third kappa shape index (κ3) is 2.08. The maximum absolute atomic E-state index is 9.15. The summed E-state index contributed by atoms with van der Waals surface area (Å²) in [6, 6.07) is 1.47. The van der Waals surface area contributed by atoms with Crippen molar-refractivity contribution in [1.82, 2.24) is 4.98 Å². The topological polar surface area (TPSA) is 53.4 Å². The first-order valence-electron chi connectivity index (χ1n) is 3.25. The van der Waals surface area contributed by atoms with Gasteiger partial charge in [0, 0.05) is 11.8 Å². The fraction of sp³-hybridized carbons (Fsp3) is 0.286. The van der Waals surface area contributed by atoms with Crippen LogP contribution in [0, 0.1) is 0 Å². The van der Waals surface area contributed by atoms with Crippen molar-refractivity contribution in [2.45, 2.75) is 6.10 Å². The van der Waals surface area contributed by atoms with E-state index in [1.165, 1.54) is 12.3 Å². The SMILES string of the molecule is OCC(O)c1cnc(Cl)c(Cl)c1. The molecule has 0 fully saturated rings. The van der Waals surface area contributed by atoms with Gasteiger partial charge in [-0.25, -0.2) is 4.98 Å². The van der Waals surface area contributed by atoms with Crippen LogP contribution in [0.1, 0.15) is 11.7 Å². The standard InChI is InChI=1S/C7H7Cl2NO2/c8-5-1-4(6(12)3-11)2-10-7(5)9/h1-2,6,11-12H,3H2. The van der Waals surface area contributed by atoms with Gasteiger partial charge in [0.2, 0.25) is 0 Å². The molecule has 1 atom stereocenters. The fourth-order valence-corrected chi connectivity index (χ4v) is 1.00. The maximum atomic E-state index is 9.15. The van der Waals surface area contributed by atoms with Gasteiger partial charge in [-0.05, 0) is 6.07 Å². The molecule has 1 heterocycles. The summed E-state index contributed by atoms with van der Waals surface area (Å²) in [5.74, 6) is 0. The number of aliphatic hydroxyl groups excluding tert-OH is 2. The van der Waals surface area contributed by atoms with Crippen molar-refractivity contribution in [3.05, 3.63) is 28.0 Å². The first-order chi connectivity index (χ1) is 5.65. The molecule has 0 aliphatic rings. The molecular formula is C7H7Cl2NO2. The number of halogens is 2. The van der Waals surface area contributed by atoms with Crippen LogP contribution in [0.5, 0.6) is 0 Å². The Kier molecular flexibility index (Phi) is 3.29. The van der Waals surface area contributed by atoms with E-state index in [1.807, 2.05) is 0 Å². The lowest BCUT2D eigenvalue weighted by Crippen LogP contribution is -2.02. The average molecular weight is 208 g/mol. The van der Waals surface area contributed by atoms with Crippen molar-refractivity contribution in [3.8, 4) is 0 Å². The Morgan fingerprint density at radius 1 is 1.50 bits per heavy atom. The molecule has 2 N–H and O–H groups in total. The van der Waals surface area contributed by atoms with Crippen LogP contribution in [-0.2, 0) is 0 Å². The molecule has 1 unspecified atom stereocenters. The zero-order valence-electron chi connectivity index (χ0n) is 6.04. The molecular weight excluding hydrogens is 201 g/mol. The summed E-state index contributed by atoms with van der Waals surface area (Å²) >= 11 is 11.2. The molecule has 0 aliphatic carbocycles. The molecule has 0 bridgehead atoms. The number of hydrogen-bond acceptors (Lipinski definition) is 3. The van der Waals surface area contributed by atoms with Gasteiger partial charge in [0.05, 0.1) is 11.6 Å². The number of pyridine rings is 1. The molecule has 66 valence electrons. The van der Waals surface area contributed by atoms with Crippen molar-refractivity contribution >= 4 is 23.2 Å². The number of aliphatic hydroxyl groups is 2. The van der Waals surface area contributed by atoms with Crippen molar-refractivity contribution in [2.75, 3.05) is 6.61 Å². The van der Waals surface area contributed by atoms with Gasteiger partial charge in [-0.2, -0.15) is 0 Å². The summed E-state index contributed by atoms with van der Waals surface area (Å²) < 4.78 is 0. The highest BCUT2D eigenvalue weighted by Gasteiger charge is 2.08. The fourth-order valence-electron chi connectivity index (χ4n) is 0.724. The summed E-state index contributed by atoms with van der Waals surface area (Å²) in [6.45, 7) is -0.361. The molecule has 1 aromatic rings. The quantitative estimate of drug-likeness (QED) is 0.722. The van der Waals surface area contributed by atoms with E-state index in [0.29, 0.717) is 5.56 Å². The van der Waals surface area contributed by atoms with Crippen molar-refractivity contribution in [3.63, 3.8) is 0 Å². The normalized spacial score (nSPS) is 13.0. The minimum atomic E-state index is -0.952. The minimum Gasteiger partial charge on any atom is -0.393 e. The number of nitrogens with zero attached hydrogens (tertiary/aromatic N) is 1. The van der Waals surface area contributed by atoms with Gasteiger partial charge in [0.1, 0.15) is 11.3 Å². The Hall–Kier alpha value is -0.350. The van der Waals surface area contributed by atoms with Crippen LogP contribution < -0.4 is 0 Å². The third-order valence-electron chi connectivity index (χ3n) is 1.38. The van der Waals surface area contributed by atoms with Gasteiger partial charge in [-0.3, -0.25) is 0 Å². The van der Waals surface area contributed by atoms with Gasteiger partial charge in [-0.15, -0.1) is 0 Å². The number of rotatable bonds is 2.